The molecule has 1 unspecified atom stereocenters. The number of hydrogen-bond acceptors (Lipinski definition) is 5. The van der Waals surface area contributed by atoms with E-state index in [1.54, 1.807) is 0 Å². The number of aromatic nitrogens is 3. The Morgan fingerprint density at radius 2 is 1.97 bits per heavy atom. The molecule has 2 fully saturated rings. The quantitative estimate of drug-likeness (QED) is 0.625. The fourth-order valence-corrected chi connectivity index (χ4v) is 4.63. The molecule has 31 heavy (non-hydrogen) atoms. The Balaban J connectivity index is 1.51. The highest BCUT2D eigenvalue weighted by atomic mass is 16.1. The molecular weight excluding hydrogens is 387 g/mol. The van der Waals surface area contributed by atoms with E-state index in [1.165, 1.54) is 16.6 Å². The number of nitrogens with one attached hydrogen (secondary N) is 1. The highest BCUT2D eigenvalue weighted by Crippen LogP contribution is 2.36. The highest BCUT2D eigenvalue weighted by molar-refractivity contribution is 6.49. The third-order valence-electron chi connectivity index (χ3n) is 6.39. The lowest BCUT2D eigenvalue weighted by atomic mass is 10.1. The van der Waals surface area contributed by atoms with Gasteiger partial charge >= 0.3 is 5.69 Å². The Labute approximate surface area is 183 Å². The summed E-state index contributed by atoms with van der Waals surface area (Å²) in [6, 6.07) is 10.9. The Morgan fingerprint density at radius 3 is 2.68 bits per heavy atom. The van der Waals surface area contributed by atoms with Crippen molar-refractivity contribution >= 4 is 35.5 Å². The van der Waals surface area contributed by atoms with Crippen molar-refractivity contribution in [2.75, 3.05) is 49.6 Å². The summed E-state index contributed by atoms with van der Waals surface area (Å²) in [6.45, 7) is 8.90. The van der Waals surface area contributed by atoms with Crippen LogP contribution in [0, 0.1) is 6.92 Å². The van der Waals surface area contributed by atoms with Gasteiger partial charge in [0.25, 0.3) is 0 Å². The van der Waals surface area contributed by atoms with Gasteiger partial charge in [-0.3, -0.25) is 4.98 Å². The van der Waals surface area contributed by atoms with E-state index in [0.29, 0.717) is 5.94 Å². The van der Waals surface area contributed by atoms with Crippen LogP contribution < -0.4 is 15.5 Å². The van der Waals surface area contributed by atoms with Crippen molar-refractivity contribution in [2.45, 2.75) is 32.5 Å². The zero-order chi connectivity index (χ0) is 21.5. The smallest absolute Gasteiger partial charge is 0.348 e. The molecule has 4 heterocycles. The summed E-state index contributed by atoms with van der Waals surface area (Å²) >= 11 is 0. The second-order valence-corrected chi connectivity index (χ2v) is 8.81. The summed E-state index contributed by atoms with van der Waals surface area (Å²) in [5, 5.41) is 1.24. The van der Waals surface area contributed by atoms with Crippen LogP contribution in [0.1, 0.15) is 25.0 Å². The number of likely N-dealkylation sites (N-methyl/N-ethyl adjacent to an activating group) is 1. The predicted octanol–water partition coefficient (Wildman–Crippen LogP) is 2.97. The number of aryl methyl sites for hydroxylation is 1. The predicted molar refractivity (Wildman–Crippen MR) is 128 cm³/mol. The van der Waals surface area contributed by atoms with Crippen LogP contribution >= 0.6 is 0 Å². The van der Waals surface area contributed by atoms with Crippen LogP contribution in [-0.2, 0) is 0 Å². The van der Waals surface area contributed by atoms with Crippen LogP contribution in [0.15, 0.2) is 35.1 Å². The van der Waals surface area contributed by atoms with Crippen LogP contribution in [0.5, 0.6) is 0 Å². The summed E-state index contributed by atoms with van der Waals surface area (Å²) in [6.07, 6.45) is 2.13. The number of anilines is 3. The van der Waals surface area contributed by atoms with Gasteiger partial charge in [-0.25, -0.2) is 4.79 Å². The van der Waals surface area contributed by atoms with E-state index < -0.39 is 0 Å². The van der Waals surface area contributed by atoms with E-state index in [4.69, 9.17) is 0 Å². The zero-order valence-corrected chi connectivity index (χ0v) is 18.6. The van der Waals surface area contributed by atoms with Crippen molar-refractivity contribution in [3.8, 4) is 0 Å². The molecule has 2 aromatic heterocycles. The number of benzene rings is 1. The molecule has 0 aliphatic carbocycles. The molecule has 0 bridgehead atoms. The van der Waals surface area contributed by atoms with E-state index in [1.807, 2.05) is 6.07 Å². The second-order valence-electron chi connectivity index (χ2n) is 8.81. The highest BCUT2D eigenvalue weighted by Gasteiger charge is 2.28. The Bertz CT molecular complexity index is 1140. The molecule has 7 nitrogen and oxygen atoms in total. The van der Waals surface area contributed by atoms with Crippen LogP contribution in [-0.4, -0.2) is 66.5 Å². The fourth-order valence-electron chi connectivity index (χ4n) is 4.63. The SMILES string of the molecule is CCCN(c1ccc2c(c1)cc(C)n2C1[B]C1)c1cc(N2CCN(C)CC2)nc(=O)[nH]1. The first-order valence-corrected chi connectivity index (χ1v) is 11.3. The average Bonchev–Trinajstić information content (AvgIpc) is 3.53. The van der Waals surface area contributed by atoms with Crippen LogP contribution in [0.2, 0.25) is 6.32 Å². The van der Waals surface area contributed by atoms with E-state index in [9.17, 15) is 4.79 Å². The molecule has 0 spiro atoms. The molecule has 161 valence electrons. The minimum atomic E-state index is -0.292. The molecule has 2 aliphatic heterocycles. The van der Waals surface area contributed by atoms with E-state index in [2.05, 4.69) is 81.7 Å². The molecular formula is C23H30BN6O. The standard InChI is InChI=1S/C23H30BN6O/c1-4-7-29(18-5-6-19-17(13-18)12-16(2)30(19)20-15-24-20)22-14-21(25-23(31)26-22)28-10-8-27(3)9-11-28/h5-6,12-14,20H,4,7-11,15H2,1-3H3,(H,25,26,31). The van der Waals surface area contributed by atoms with E-state index >= 15 is 0 Å². The first-order chi connectivity index (χ1) is 15.0. The van der Waals surface area contributed by atoms with Gasteiger partial charge in [-0.05, 0) is 50.6 Å². The van der Waals surface area contributed by atoms with Gasteiger partial charge in [-0.1, -0.05) is 13.2 Å². The summed E-state index contributed by atoms with van der Waals surface area (Å²) in [5.41, 5.74) is 3.37. The van der Waals surface area contributed by atoms with Gasteiger partial charge in [0.1, 0.15) is 18.9 Å². The number of rotatable bonds is 6. The maximum Gasteiger partial charge on any atom is 0.348 e. The summed E-state index contributed by atoms with van der Waals surface area (Å²) < 4.78 is 2.42. The van der Waals surface area contributed by atoms with Crippen LogP contribution in [0.3, 0.4) is 0 Å². The van der Waals surface area contributed by atoms with Gasteiger partial charge in [0, 0.05) is 61.1 Å². The lowest BCUT2D eigenvalue weighted by Gasteiger charge is -2.33. The van der Waals surface area contributed by atoms with Crippen molar-refractivity contribution in [1.82, 2.24) is 19.4 Å². The molecule has 0 saturated carbocycles. The molecule has 1 atom stereocenters. The minimum Gasteiger partial charge on any atom is -0.354 e. The number of hydrogen-bond donors (Lipinski definition) is 1. The van der Waals surface area contributed by atoms with Crippen LogP contribution in [0.25, 0.3) is 10.9 Å². The molecule has 2 aliphatic rings. The molecule has 1 aromatic carbocycles. The monoisotopic (exact) mass is 417 g/mol. The van der Waals surface area contributed by atoms with Gasteiger partial charge in [0.2, 0.25) is 0 Å². The summed E-state index contributed by atoms with van der Waals surface area (Å²) in [4.78, 5) is 26.4. The van der Waals surface area contributed by atoms with E-state index in [-0.39, 0.29) is 5.69 Å². The van der Waals surface area contributed by atoms with Crippen molar-refractivity contribution < 1.29 is 0 Å². The number of nitrogens with zero attached hydrogens (tertiary/aromatic N) is 5. The number of piperazine rings is 1. The van der Waals surface area contributed by atoms with Crippen molar-refractivity contribution in [2.24, 2.45) is 0 Å². The fraction of sp³-hybridized carbons (Fsp3) is 0.478. The van der Waals surface area contributed by atoms with Crippen molar-refractivity contribution in [3.05, 3.63) is 46.5 Å². The van der Waals surface area contributed by atoms with Gasteiger partial charge < -0.3 is 19.3 Å². The second kappa shape index (κ2) is 8.07. The summed E-state index contributed by atoms with van der Waals surface area (Å²) in [7, 11) is 4.47. The Kier molecular flexibility index (Phi) is 5.26. The third kappa shape index (κ3) is 3.96. The Hall–Kier alpha value is -2.74. The molecule has 0 amide bonds. The zero-order valence-electron chi connectivity index (χ0n) is 18.6. The topological polar surface area (TPSA) is 60.4 Å². The largest absolute Gasteiger partial charge is 0.354 e. The number of H-pyrrole nitrogens is 1. The van der Waals surface area contributed by atoms with Crippen molar-refractivity contribution in [3.63, 3.8) is 0 Å². The number of fused-ring (bicyclic) bond motifs is 1. The molecule has 2 saturated heterocycles. The van der Waals surface area contributed by atoms with Crippen molar-refractivity contribution in [1.29, 1.82) is 0 Å². The molecule has 3 aromatic rings. The van der Waals surface area contributed by atoms with Gasteiger partial charge in [0.15, 0.2) is 0 Å². The van der Waals surface area contributed by atoms with Crippen LogP contribution in [0.4, 0.5) is 17.3 Å². The molecule has 1 N–H and O–H groups in total. The Morgan fingerprint density at radius 1 is 1.19 bits per heavy atom. The molecule has 5 rings (SSSR count). The van der Waals surface area contributed by atoms with Gasteiger partial charge in [-0.15, -0.1) is 0 Å². The molecule has 1 radical (unpaired) electrons. The van der Waals surface area contributed by atoms with Gasteiger partial charge in [0.05, 0.1) is 0 Å². The lowest BCUT2D eigenvalue weighted by molar-refractivity contribution is 0.312. The molecule has 8 heteroatoms. The number of aromatic amines is 1. The van der Waals surface area contributed by atoms with Gasteiger partial charge in [-0.2, -0.15) is 4.98 Å². The lowest BCUT2D eigenvalue weighted by Crippen LogP contribution is -2.45. The summed E-state index contributed by atoms with van der Waals surface area (Å²) in [5.74, 6) is 2.11. The first kappa shape index (κ1) is 20.2. The normalized spacial score (nSPS) is 18.9. The average molecular weight is 417 g/mol. The third-order valence-corrected chi connectivity index (χ3v) is 6.39. The maximum atomic E-state index is 12.5. The first-order valence-electron chi connectivity index (χ1n) is 11.3. The van der Waals surface area contributed by atoms with E-state index in [0.717, 1.165) is 62.8 Å². The minimum absolute atomic E-state index is 0.292. The maximum absolute atomic E-state index is 12.5.